The van der Waals surface area contributed by atoms with Crippen LogP contribution in [0.2, 0.25) is 5.02 Å². The van der Waals surface area contributed by atoms with Crippen LogP contribution in [0.3, 0.4) is 0 Å². The predicted octanol–water partition coefficient (Wildman–Crippen LogP) is 2.86. The van der Waals surface area contributed by atoms with Crippen LogP contribution in [0.1, 0.15) is 32.8 Å². The highest BCUT2D eigenvalue weighted by Crippen LogP contribution is 2.36. The summed E-state index contributed by atoms with van der Waals surface area (Å²) in [5.74, 6) is 0.370. The van der Waals surface area contributed by atoms with Gasteiger partial charge in [-0.15, -0.1) is 0 Å². The van der Waals surface area contributed by atoms with E-state index in [1.54, 1.807) is 22.5 Å². The molecule has 21 heavy (non-hydrogen) atoms. The van der Waals surface area contributed by atoms with Gasteiger partial charge in [0.15, 0.2) is 0 Å². The second kappa shape index (κ2) is 5.88. The highest BCUT2D eigenvalue weighted by Gasteiger charge is 2.38. The average molecular weight is 331 g/mol. The summed E-state index contributed by atoms with van der Waals surface area (Å²) in [5.41, 5.74) is 6.48. The minimum Gasteiger partial charge on any atom is -0.326 e. The second-order valence-corrected chi connectivity index (χ2v) is 9.00. The van der Waals surface area contributed by atoms with Crippen LogP contribution >= 0.6 is 11.6 Å². The maximum atomic E-state index is 12.7. The van der Waals surface area contributed by atoms with Gasteiger partial charge in [-0.2, -0.15) is 4.31 Å². The summed E-state index contributed by atoms with van der Waals surface area (Å²) in [6.07, 6.45) is 0.890. The molecule has 2 rings (SSSR count). The summed E-state index contributed by atoms with van der Waals surface area (Å²) in [6, 6.07) is 4.91. The molecule has 2 N–H and O–H groups in total. The maximum Gasteiger partial charge on any atom is 0.244 e. The molecule has 1 aliphatic rings. The summed E-state index contributed by atoms with van der Waals surface area (Å²) < 4.78 is 27.0. The number of hydrogen-bond donors (Lipinski definition) is 1. The number of nitrogens with zero attached hydrogens (tertiary/aromatic N) is 1. The molecule has 1 aromatic rings. The molecule has 1 atom stereocenters. The Balaban J connectivity index is 2.28. The molecule has 0 spiro atoms. The molecule has 1 saturated heterocycles. The Bertz CT molecular complexity index is 623. The van der Waals surface area contributed by atoms with Gasteiger partial charge in [0.05, 0.1) is 5.02 Å². The molecule has 4 nitrogen and oxygen atoms in total. The number of hydrogen-bond acceptors (Lipinski definition) is 3. The van der Waals surface area contributed by atoms with E-state index in [0.29, 0.717) is 25.6 Å². The third kappa shape index (κ3) is 3.42. The fourth-order valence-corrected chi connectivity index (χ4v) is 4.71. The van der Waals surface area contributed by atoms with Gasteiger partial charge in [-0.1, -0.05) is 38.4 Å². The van der Waals surface area contributed by atoms with Gasteiger partial charge in [0, 0.05) is 19.6 Å². The Kier molecular flexibility index (Phi) is 4.69. The van der Waals surface area contributed by atoms with Crippen molar-refractivity contribution in [3.05, 3.63) is 28.8 Å². The summed E-state index contributed by atoms with van der Waals surface area (Å²) in [4.78, 5) is 0.177. The molecule has 0 aliphatic carbocycles. The van der Waals surface area contributed by atoms with Crippen molar-refractivity contribution in [2.24, 2.45) is 17.1 Å². The van der Waals surface area contributed by atoms with Gasteiger partial charge in [0.1, 0.15) is 4.90 Å². The number of nitrogens with two attached hydrogens (primary N) is 1. The van der Waals surface area contributed by atoms with Gasteiger partial charge in [-0.3, -0.25) is 0 Å². The minimum atomic E-state index is -3.53. The zero-order valence-corrected chi connectivity index (χ0v) is 14.3. The van der Waals surface area contributed by atoms with E-state index in [9.17, 15) is 8.42 Å². The third-order valence-electron chi connectivity index (χ3n) is 4.23. The van der Waals surface area contributed by atoms with Crippen LogP contribution in [0.25, 0.3) is 0 Å². The molecular formula is C15H23ClN2O2S. The number of benzene rings is 1. The summed E-state index contributed by atoms with van der Waals surface area (Å²) in [7, 11) is -3.53. The fraction of sp³-hybridized carbons (Fsp3) is 0.600. The van der Waals surface area contributed by atoms with Gasteiger partial charge in [-0.05, 0) is 35.4 Å². The molecule has 118 valence electrons. The lowest BCUT2D eigenvalue weighted by molar-refractivity contribution is 0.252. The third-order valence-corrected chi connectivity index (χ3v) is 6.57. The highest BCUT2D eigenvalue weighted by atomic mass is 35.5. The molecule has 1 unspecified atom stereocenters. The first-order chi connectivity index (χ1) is 9.66. The van der Waals surface area contributed by atoms with Gasteiger partial charge < -0.3 is 5.73 Å². The van der Waals surface area contributed by atoms with Gasteiger partial charge in [0.2, 0.25) is 10.0 Å². The first-order valence-electron chi connectivity index (χ1n) is 7.15. The molecule has 1 aliphatic heterocycles. The van der Waals surface area contributed by atoms with Crippen LogP contribution < -0.4 is 5.73 Å². The quantitative estimate of drug-likeness (QED) is 0.926. The Hall–Kier alpha value is -0.620. The topological polar surface area (TPSA) is 63.4 Å². The largest absolute Gasteiger partial charge is 0.326 e. The van der Waals surface area contributed by atoms with Crippen molar-refractivity contribution in [3.63, 3.8) is 0 Å². The first kappa shape index (κ1) is 16.7. The van der Waals surface area contributed by atoms with Crippen LogP contribution in [0, 0.1) is 11.3 Å². The van der Waals surface area contributed by atoms with E-state index < -0.39 is 10.0 Å². The molecule has 0 aromatic heterocycles. The Labute approximate surface area is 132 Å². The smallest absolute Gasteiger partial charge is 0.244 e. The molecule has 1 aromatic carbocycles. The highest BCUT2D eigenvalue weighted by molar-refractivity contribution is 7.89. The first-order valence-corrected chi connectivity index (χ1v) is 8.96. The summed E-state index contributed by atoms with van der Waals surface area (Å²) >= 11 is 6.14. The van der Waals surface area contributed by atoms with Crippen molar-refractivity contribution < 1.29 is 8.42 Å². The standard InChI is InChI=1S/C15H23ClN2O2S/c1-15(2,3)12-6-7-18(10-12)21(19,20)14-5-4-11(9-17)8-13(14)16/h4-5,8,12H,6-7,9-10,17H2,1-3H3. The van der Waals surface area contributed by atoms with Crippen molar-refractivity contribution >= 4 is 21.6 Å². The van der Waals surface area contributed by atoms with E-state index in [-0.39, 0.29) is 15.3 Å². The van der Waals surface area contributed by atoms with E-state index in [1.807, 2.05) is 0 Å². The van der Waals surface area contributed by atoms with Gasteiger partial charge >= 0.3 is 0 Å². The Morgan fingerprint density at radius 1 is 1.38 bits per heavy atom. The number of rotatable bonds is 3. The lowest BCUT2D eigenvalue weighted by Crippen LogP contribution is -2.31. The molecular weight excluding hydrogens is 308 g/mol. The second-order valence-electron chi connectivity index (χ2n) is 6.68. The van der Waals surface area contributed by atoms with E-state index in [2.05, 4.69) is 20.8 Å². The van der Waals surface area contributed by atoms with E-state index in [0.717, 1.165) is 12.0 Å². The molecule has 1 fully saturated rings. The Morgan fingerprint density at radius 3 is 2.52 bits per heavy atom. The fourth-order valence-electron chi connectivity index (χ4n) is 2.67. The van der Waals surface area contributed by atoms with Crippen molar-refractivity contribution in [1.29, 1.82) is 0 Å². The molecule has 0 amide bonds. The molecule has 0 bridgehead atoms. The molecule has 0 saturated carbocycles. The monoisotopic (exact) mass is 330 g/mol. The van der Waals surface area contributed by atoms with Crippen LogP contribution in [0.15, 0.2) is 23.1 Å². The lowest BCUT2D eigenvalue weighted by atomic mass is 9.80. The maximum absolute atomic E-state index is 12.7. The molecule has 1 heterocycles. The average Bonchev–Trinajstić information content (AvgIpc) is 2.88. The van der Waals surface area contributed by atoms with Gasteiger partial charge in [-0.25, -0.2) is 8.42 Å². The zero-order chi connectivity index (χ0) is 15.8. The van der Waals surface area contributed by atoms with Crippen molar-refractivity contribution in [3.8, 4) is 0 Å². The van der Waals surface area contributed by atoms with Crippen LogP contribution in [-0.4, -0.2) is 25.8 Å². The van der Waals surface area contributed by atoms with E-state index in [1.165, 1.54) is 0 Å². The van der Waals surface area contributed by atoms with Crippen molar-refractivity contribution in [2.45, 2.75) is 38.6 Å². The molecule has 0 radical (unpaired) electrons. The molecule has 6 heteroatoms. The zero-order valence-electron chi connectivity index (χ0n) is 12.8. The van der Waals surface area contributed by atoms with Crippen molar-refractivity contribution in [1.82, 2.24) is 4.31 Å². The van der Waals surface area contributed by atoms with E-state index >= 15 is 0 Å². The number of halogens is 1. The minimum absolute atomic E-state index is 0.109. The predicted molar refractivity (Wildman–Crippen MR) is 85.7 cm³/mol. The summed E-state index contributed by atoms with van der Waals surface area (Å²) in [6.45, 7) is 7.90. The van der Waals surface area contributed by atoms with Crippen molar-refractivity contribution in [2.75, 3.05) is 13.1 Å². The summed E-state index contributed by atoms with van der Waals surface area (Å²) in [5, 5.41) is 0.247. The van der Waals surface area contributed by atoms with Crippen LogP contribution in [0.5, 0.6) is 0 Å². The number of sulfonamides is 1. The van der Waals surface area contributed by atoms with Gasteiger partial charge in [0.25, 0.3) is 0 Å². The Morgan fingerprint density at radius 2 is 2.05 bits per heavy atom. The normalized spacial score (nSPS) is 20.9. The lowest BCUT2D eigenvalue weighted by Gasteiger charge is -2.27. The van der Waals surface area contributed by atoms with Crippen LogP contribution in [-0.2, 0) is 16.6 Å². The van der Waals surface area contributed by atoms with E-state index in [4.69, 9.17) is 17.3 Å². The SMILES string of the molecule is CC(C)(C)C1CCN(S(=O)(=O)c2ccc(CN)cc2Cl)C1. The van der Waals surface area contributed by atoms with Crippen LogP contribution in [0.4, 0.5) is 0 Å².